The van der Waals surface area contributed by atoms with Gasteiger partial charge < -0.3 is 5.32 Å². The minimum Gasteiger partial charge on any atom is -0.308 e. The number of benzene rings is 1. The maximum Gasteiger partial charge on any atom is 0.170 e. The third kappa shape index (κ3) is 2.86. The molecule has 6 heteroatoms. The van der Waals surface area contributed by atoms with Crippen LogP contribution in [0.3, 0.4) is 0 Å². The number of hydrogen-bond donors (Lipinski definition) is 1. The van der Waals surface area contributed by atoms with E-state index in [1.165, 1.54) is 0 Å². The Balaban J connectivity index is 2.33. The highest BCUT2D eigenvalue weighted by Crippen LogP contribution is 2.21. The van der Waals surface area contributed by atoms with Crippen LogP contribution in [0.25, 0.3) is 5.69 Å². The van der Waals surface area contributed by atoms with Gasteiger partial charge in [-0.05, 0) is 35.0 Å². The molecule has 0 aliphatic rings. The van der Waals surface area contributed by atoms with Crippen molar-refractivity contribution in [2.75, 3.05) is 0 Å². The molecule has 0 saturated carbocycles. The lowest BCUT2D eigenvalue weighted by molar-refractivity contribution is 0.563. The zero-order valence-electron chi connectivity index (χ0n) is 10.7. The summed E-state index contributed by atoms with van der Waals surface area (Å²) >= 11 is 6.19. The van der Waals surface area contributed by atoms with Crippen LogP contribution in [0.2, 0.25) is 5.02 Å². The summed E-state index contributed by atoms with van der Waals surface area (Å²) in [6.07, 6.45) is 0. The highest BCUT2D eigenvalue weighted by Gasteiger charge is 2.11. The van der Waals surface area contributed by atoms with Crippen LogP contribution in [0, 0.1) is 6.92 Å². The molecule has 0 atom stereocenters. The Morgan fingerprint density at radius 3 is 2.89 bits per heavy atom. The average molecular weight is 266 g/mol. The predicted octanol–water partition coefficient (Wildman–Crippen LogP) is 2.12. The summed E-state index contributed by atoms with van der Waals surface area (Å²) in [6.45, 7) is 6.77. The standard InChI is InChI=1S/C12H16ClN5/c1-8(2)14-7-12-15-16-17-18(12)11-6-9(3)4-5-10(11)13/h4-6,8,14H,7H2,1-3H3. The van der Waals surface area contributed by atoms with E-state index in [2.05, 4.69) is 34.7 Å². The second-order valence-electron chi connectivity index (χ2n) is 4.50. The first-order valence-electron chi connectivity index (χ1n) is 5.85. The van der Waals surface area contributed by atoms with Gasteiger partial charge in [0.25, 0.3) is 0 Å². The van der Waals surface area contributed by atoms with Crippen LogP contribution < -0.4 is 5.32 Å². The van der Waals surface area contributed by atoms with Crippen molar-refractivity contribution >= 4 is 11.6 Å². The maximum absolute atomic E-state index is 6.19. The van der Waals surface area contributed by atoms with Gasteiger partial charge in [-0.15, -0.1) is 5.10 Å². The molecule has 0 spiro atoms. The van der Waals surface area contributed by atoms with Crippen LogP contribution in [0.5, 0.6) is 0 Å². The van der Waals surface area contributed by atoms with E-state index in [4.69, 9.17) is 11.6 Å². The van der Waals surface area contributed by atoms with Crippen LogP contribution in [0.4, 0.5) is 0 Å². The molecular formula is C12H16ClN5. The maximum atomic E-state index is 6.19. The molecule has 0 aliphatic heterocycles. The minimum absolute atomic E-state index is 0.378. The number of tetrazole rings is 1. The summed E-state index contributed by atoms with van der Waals surface area (Å²) < 4.78 is 1.67. The Bertz CT molecular complexity index is 535. The fourth-order valence-corrected chi connectivity index (χ4v) is 1.78. The summed E-state index contributed by atoms with van der Waals surface area (Å²) in [4.78, 5) is 0. The van der Waals surface area contributed by atoms with Gasteiger partial charge in [0.15, 0.2) is 5.82 Å². The first kappa shape index (κ1) is 13.0. The Kier molecular flexibility index (Phi) is 3.93. The molecule has 0 fully saturated rings. The lowest BCUT2D eigenvalue weighted by atomic mass is 10.2. The molecule has 0 radical (unpaired) electrons. The molecule has 1 aromatic carbocycles. The van der Waals surface area contributed by atoms with E-state index in [0.29, 0.717) is 17.6 Å². The van der Waals surface area contributed by atoms with Crippen molar-refractivity contribution in [3.8, 4) is 5.69 Å². The highest BCUT2D eigenvalue weighted by molar-refractivity contribution is 6.32. The molecule has 1 aromatic heterocycles. The number of halogens is 1. The van der Waals surface area contributed by atoms with Crippen molar-refractivity contribution in [3.05, 3.63) is 34.6 Å². The molecule has 96 valence electrons. The van der Waals surface area contributed by atoms with E-state index < -0.39 is 0 Å². The van der Waals surface area contributed by atoms with Crippen LogP contribution >= 0.6 is 11.6 Å². The molecule has 1 heterocycles. The van der Waals surface area contributed by atoms with E-state index in [1.54, 1.807) is 4.68 Å². The first-order valence-corrected chi connectivity index (χ1v) is 6.23. The lowest BCUT2D eigenvalue weighted by Gasteiger charge is -2.10. The van der Waals surface area contributed by atoms with E-state index in [0.717, 1.165) is 17.1 Å². The van der Waals surface area contributed by atoms with Gasteiger partial charge in [-0.25, -0.2) is 0 Å². The van der Waals surface area contributed by atoms with Gasteiger partial charge in [0, 0.05) is 6.04 Å². The fourth-order valence-electron chi connectivity index (χ4n) is 1.58. The van der Waals surface area contributed by atoms with Gasteiger partial charge in [-0.1, -0.05) is 31.5 Å². The van der Waals surface area contributed by atoms with Crippen molar-refractivity contribution in [1.29, 1.82) is 0 Å². The van der Waals surface area contributed by atoms with Crippen molar-refractivity contribution < 1.29 is 0 Å². The van der Waals surface area contributed by atoms with Crippen molar-refractivity contribution in [1.82, 2.24) is 25.5 Å². The Labute approximate surface area is 111 Å². The summed E-state index contributed by atoms with van der Waals surface area (Å²) in [7, 11) is 0. The SMILES string of the molecule is Cc1ccc(Cl)c(-n2nnnc2CNC(C)C)c1. The van der Waals surface area contributed by atoms with Crippen LogP contribution in [0.15, 0.2) is 18.2 Å². The third-order valence-electron chi connectivity index (χ3n) is 2.53. The van der Waals surface area contributed by atoms with E-state index in [9.17, 15) is 0 Å². The van der Waals surface area contributed by atoms with Gasteiger partial charge in [0.05, 0.1) is 17.3 Å². The molecule has 0 amide bonds. The normalized spacial score (nSPS) is 11.2. The second-order valence-corrected chi connectivity index (χ2v) is 4.90. The number of nitrogens with zero attached hydrogens (tertiary/aromatic N) is 4. The van der Waals surface area contributed by atoms with Gasteiger partial charge in [0.2, 0.25) is 0 Å². The smallest absolute Gasteiger partial charge is 0.170 e. The number of nitrogens with one attached hydrogen (secondary N) is 1. The molecule has 1 N–H and O–H groups in total. The number of aryl methyl sites for hydroxylation is 1. The first-order chi connectivity index (χ1) is 8.58. The quantitative estimate of drug-likeness (QED) is 0.920. The van der Waals surface area contributed by atoms with Crippen LogP contribution in [-0.4, -0.2) is 26.2 Å². The minimum atomic E-state index is 0.378. The summed E-state index contributed by atoms with van der Waals surface area (Å²) in [6, 6.07) is 6.16. The van der Waals surface area contributed by atoms with Gasteiger partial charge in [-0.3, -0.25) is 0 Å². The van der Waals surface area contributed by atoms with Gasteiger partial charge in [0.1, 0.15) is 0 Å². The zero-order chi connectivity index (χ0) is 13.1. The molecular weight excluding hydrogens is 250 g/mol. The molecule has 0 bridgehead atoms. The molecule has 5 nitrogen and oxygen atoms in total. The monoisotopic (exact) mass is 265 g/mol. The second kappa shape index (κ2) is 5.46. The molecule has 2 aromatic rings. The van der Waals surface area contributed by atoms with Gasteiger partial charge >= 0.3 is 0 Å². The van der Waals surface area contributed by atoms with E-state index in [-0.39, 0.29) is 0 Å². The van der Waals surface area contributed by atoms with E-state index in [1.807, 2.05) is 25.1 Å². The predicted molar refractivity (Wildman–Crippen MR) is 70.9 cm³/mol. The third-order valence-corrected chi connectivity index (χ3v) is 2.85. The van der Waals surface area contributed by atoms with Crippen molar-refractivity contribution in [2.45, 2.75) is 33.4 Å². The molecule has 2 rings (SSSR count). The zero-order valence-corrected chi connectivity index (χ0v) is 11.4. The van der Waals surface area contributed by atoms with Crippen LogP contribution in [0.1, 0.15) is 25.2 Å². The molecule has 0 saturated heterocycles. The summed E-state index contributed by atoms with van der Waals surface area (Å²) in [5.41, 5.74) is 1.93. The van der Waals surface area contributed by atoms with E-state index >= 15 is 0 Å². The van der Waals surface area contributed by atoms with Crippen molar-refractivity contribution in [2.24, 2.45) is 0 Å². The molecule has 18 heavy (non-hydrogen) atoms. The Hall–Kier alpha value is -1.46. The fraction of sp³-hybridized carbons (Fsp3) is 0.417. The molecule has 0 aliphatic carbocycles. The number of aromatic nitrogens is 4. The Morgan fingerprint density at radius 1 is 1.39 bits per heavy atom. The summed E-state index contributed by atoms with van der Waals surface area (Å²) in [5.74, 6) is 0.746. The number of rotatable bonds is 4. The average Bonchev–Trinajstić information content (AvgIpc) is 2.77. The number of hydrogen-bond acceptors (Lipinski definition) is 4. The van der Waals surface area contributed by atoms with Gasteiger partial charge in [-0.2, -0.15) is 4.68 Å². The largest absolute Gasteiger partial charge is 0.308 e. The van der Waals surface area contributed by atoms with Crippen LogP contribution in [-0.2, 0) is 6.54 Å². The summed E-state index contributed by atoms with van der Waals surface area (Å²) in [5, 5.41) is 15.6. The Morgan fingerprint density at radius 2 is 2.17 bits per heavy atom. The highest BCUT2D eigenvalue weighted by atomic mass is 35.5. The topological polar surface area (TPSA) is 55.6 Å². The molecule has 0 unspecified atom stereocenters. The lowest BCUT2D eigenvalue weighted by Crippen LogP contribution is -2.24. The van der Waals surface area contributed by atoms with Crippen molar-refractivity contribution in [3.63, 3.8) is 0 Å².